The third-order valence-electron chi connectivity index (χ3n) is 2.67. The number of anilines is 1. The van der Waals surface area contributed by atoms with Gasteiger partial charge >= 0.3 is 5.97 Å². The standard InChI is InChI=1S/C12H10N4O4/c17-11(18)7-1-2-8-9(5-7)20-12(15-8)13-4-3-10-14-6-19-16-10/h1-2,5-6H,3-4H2,(H,13,15)(H,17,18). The van der Waals surface area contributed by atoms with Crippen LogP contribution in [0.2, 0.25) is 0 Å². The maximum absolute atomic E-state index is 10.9. The molecule has 1 aromatic carbocycles. The van der Waals surface area contributed by atoms with Crippen molar-refractivity contribution in [1.29, 1.82) is 0 Å². The second kappa shape index (κ2) is 5.00. The average Bonchev–Trinajstić information content (AvgIpc) is 3.06. The van der Waals surface area contributed by atoms with E-state index in [0.29, 0.717) is 35.9 Å². The molecule has 2 aromatic heterocycles. The molecule has 0 bridgehead atoms. The molecular formula is C12H10N4O4. The topological polar surface area (TPSA) is 114 Å². The molecule has 102 valence electrons. The molecule has 0 unspecified atom stereocenters. The molecule has 0 aliphatic heterocycles. The summed E-state index contributed by atoms with van der Waals surface area (Å²) in [5.41, 5.74) is 1.18. The first-order chi connectivity index (χ1) is 9.72. The normalized spacial score (nSPS) is 10.8. The Hall–Kier alpha value is -2.90. The van der Waals surface area contributed by atoms with E-state index in [0.717, 1.165) is 0 Å². The van der Waals surface area contributed by atoms with E-state index in [4.69, 9.17) is 9.52 Å². The van der Waals surface area contributed by atoms with Crippen molar-refractivity contribution in [3.05, 3.63) is 36.0 Å². The van der Waals surface area contributed by atoms with Crippen molar-refractivity contribution in [3.8, 4) is 0 Å². The number of carbonyl (C=O) groups is 1. The largest absolute Gasteiger partial charge is 0.478 e. The second-order valence-corrected chi connectivity index (χ2v) is 4.03. The van der Waals surface area contributed by atoms with Crippen LogP contribution in [0.3, 0.4) is 0 Å². The summed E-state index contributed by atoms with van der Waals surface area (Å²) < 4.78 is 10.0. The molecule has 3 aromatic rings. The fourth-order valence-electron chi connectivity index (χ4n) is 1.72. The summed E-state index contributed by atoms with van der Waals surface area (Å²) in [5.74, 6) is -0.420. The number of aromatic nitrogens is 3. The van der Waals surface area contributed by atoms with Crippen molar-refractivity contribution in [2.75, 3.05) is 11.9 Å². The number of oxazole rings is 1. The lowest BCUT2D eigenvalue weighted by Gasteiger charge is -1.97. The van der Waals surface area contributed by atoms with E-state index >= 15 is 0 Å². The van der Waals surface area contributed by atoms with Crippen molar-refractivity contribution in [1.82, 2.24) is 15.1 Å². The number of rotatable bonds is 5. The molecule has 0 aliphatic carbocycles. The quantitative estimate of drug-likeness (QED) is 0.720. The summed E-state index contributed by atoms with van der Waals surface area (Å²) in [7, 11) is 0. The number of hydrogen-bond donors (Lipinski definition) is 2. The average molecular weight is 274 g/mol. The Morgan fingerprint density at radius 3 is 3.05 bits per heavy atom. The fourth-order valence-corrected chi connectivity index (χ4v) is 1.72. The monoisotopic (exact) mass is 274 g/mol. The number of nitrogens with zero attached hydrogens (tertiary/aromatic N) is 3. The van der Waals surface area contributed by atoms with Gasteiger partial charge in [-0.2, -0.15) is 9.97 Å². The Kier molecular flexibility index (Phi) is 3.04. The lowest BCUT2D eigenvalue weighted by atomic mass is 10.2. The first-order valence-corrected chi connectivity index (χ1v) is 5.85. The van der Waals surface area contributed by atoms with Crippen molar-refractivity contribution in [2.24, 2.45) is 0 Å². The van der Waals surface area contributed by atoms with E-state index in [1.54, 1.807) is 6.07 Å². The molecule has 0 saturated carbocycles. The molecule has 8 heteroatoms. The highest BCUT2D eigenvalue weighted by atomic mass is 16.5. The summed E-state index contributed by atoms with van der Waals surface area (Å²) >= 11 is 0. The number of hydrogen-bond acceptors (Lipinski definition) is 7. The van der Waals surface area contributed by atoms with Gasteiger partial charge in [0.2, 0.25) is 6.39 Å². The van der Waals surface area contributed by atoms with Gasteiger partial charge in [-0.15, -0.1) is 0 Å². The lowest BCUT2D eigenvalue weighted by molar-refractivity contribution is 0.0697. The molecule has 0 saturated heterocycles. The zero-order chi connectivity index (χ0) is 13.9. The van der Waals surface area contributed by atoms with E-state index < -0.39 is 5.97 Å². The highest BCUT2D eigenvalue weighted by Gasteiger charge is 2.09. The number of carboxylic acids is 1. The van der Waals surface area contributed by atoms with Crippen molar-refractivity contribution in [3.63, 3.8) is 0 Å². The molecule has 2 N–H and O–H groups in total. The van der Waals surface area contributed by atoms with Gasteiger partial charge in [-0.05, 0) is 18.2 Å². The Bertz CT molecular complexity index is 735. The van der Waals surface area contributed by atoms with E-state index in [1.165, 1.54) is 18.5 Å². The third-order valence-corrected chi connectivity index (χ3v) is 2.67. The molecule has 3 rings (SSSR count). The molecule has 0 aliphatic rings. The number of fused-ring (bicyclic) bond motifs is 1. The number of carboxylic acid groups (broad SMARTS) is 1. The van der Waals surface area contributed by atoms with E-state index in [2.05, 4.69) is 25.0 Å². The first kappa shape index (κ1) is 12.2. The summed E-state index contributed by atoms with van der Waals surface area (Å²) in [4.78, 5) is 18.9. The van der Waals surface area contributed by atoms with Gasteiger partial charge in [0, 0.05) is 13.0 Å². The van der Waals surface area contributed by atoms with Crippen molar-refractivity contribution >= 4 is 23.1 Å². The summed E-state index contributed by atoms with van der Waals surface area (Å²) in [5, 5.41) is 15.6. The Labute approximate surface area is 112 Å². The van der Waals surface area contributed by atoms with Crippen LogP contribution in [0, 0.1) is 0 Å². The Morgan fingerprint density at radius 2 is 2.30 bits per heavy atom. The molecule has 0 atom stereocenters. The number of benzene rings is 1. The molecule has 2 heterocycles. The van der Waals surface area contributed by atoms with Crippen LogP contribution in [0.1, 0.15) is 16.2 Å². The van der Waals surface area contributed by atoms with Crippen LogP contribution in [-0.4, -0.2) is 32.7 Å². The SMILES string of the molecule is O=C(O)c1ccc2nc(NCCc3ncon3)oc2c1. The van der Waals surface area contributed by atoms with E-state index in [1.807, 2.05) is 0 Å². The smallest absolute Gasteiger partial charge is 0.335 e. The highest BCUT2D eigenvalue weighted by Crippen LogP contribution is 2.20. The van der Waals surface area contributed by atoms with E-state index in [-0.39, 0.29) is 5.56 Å². The van der Waals surface area contributed by atoms with Crippen LogP contribution in [0.5, 0.6) is 0 Å². The summed E-state index contributed by atoms with van der Waals surface area (Å²) in [6, 6.07) is 4.85. The molecule has 0 amide bonds. The van der Waals surface area contributed by atoms with Crippen LogP contribution in [-0.2, 0) is 6.42 Å². The zero-order valence-corrected chi connectivity index (χ0v) is 10.2. The van der Waals surface area contributed by atoms with Crippen LogP contribution in [0.4, 0.5) is 6.01 Å². The third kappa shape index (κ3) is 2.44. The second-order valence-electron chi connectivity index (χ2n) is 4.03. The highest BCUT2D eigenvalue weighted by molar-refractivity contribution is 5.92. The maximum atomic E-state index is 10.9. The van der Waals surface area contributed by atoms with Gasteiger partial charge in [-0.1, -0.05) is 5.16 Å². The van der Waals surface area contributed by atoms with Crippen molar-refractivity contribution in [2.45, 2.75) is 6.42 Å². The summed E-state index contributed by atoms with van der Waals surface area (Å²) in [6.07, 6.45) is 1.83. The zero-order valence-electron chi connectivity index (χ0n) is 10.2. The van der Waals surface area contributed by atoms with Gasteiger partial charge in [0.15, 0.2) is 11.4 Å². The maximum Gasteiger partial charge on any atom is 0.335 e. The van der Waals surface area contributed by atoms with Gasteiger partial charge in [-0.25, -0.2) is 4.79 Å². The predicted octanol–water partition coefficient (Wildman–Crippen LogP) is 1.56. The minimum Gasteiger partial charge on any atom is -0.478 e. The lowest BCUT2D eigenvalue weighted by Crippen LogP contribution is -2.05. The Morgan fingerprint density at radius 1 is 1.40 bits per heavy atom. The van der Waals surface area contributed by atoms with E-state index in [9.17, 15) is 4.79 Å². The van der Waals surface area contributed by atoms with Crippen LogP contribution >= 0.6 is 0 Å². The number of nitrogens with one attached hydrogen (secondary N) is 1. The van der Waals surface area contributed by atoms with Gasteiger partial charge < -0.3 is 19.4 Å². The van der Waals surface area contributed by atoms with Crippen LogP contribution < -0.4 is 5.32 Å². The molecule has 0 radical (unpaired) electrons. The minimum absolute atomic E-state index is 0.159. The summed E-state index contributed by atoms with van der Waals surface area (Å²) in [6.45, 7) is 0.526. The molecule has 0 spiro atoms. The van der Waals surface area contributed by atoms with Gasteiger partial charge in [0.25, 0.3) is 6.01 Å². The molecule has 0 fully saturated rings. The van der Waals surface area contributed by atoms with Crippen molar-refractivity contribution < 1.29 is 18.8 Å². The Balaban J connectivity index is 1.70. The minimum atomic E-state index is -1.00. The first-order valence-electron chi connectivity index (χ1n) is 5.85. The molecular weight excluding hydrogens is 264 g/mol. The van der Waals surface area contributed by atoms with Crippen LogP contribution in [0.15, 0.2) is 33.5 Å². The van der Waals surface area contributed by atoms with Gasteiger partial charge in [0.05, 0.1) is 5.56 Å². The fraction of sp³-hybridized carbons (Fsp3) is 0.167. The predicted molar refractivity (Wildman–Crippen MR) is 67.5 cm³/mol. The number of aromatic carboxylic acids is 1. The van der Waals surface area contributed by atoms with Crippen LogP contribution in [0.25, 0.3) is 11.1 Å². The van der Waals surface area contributed by atoms with Gasteiger partial charge in [0.1, 0.15) is 5.52 Å². The molecule has 20 heavy (non-hydrogen) atoms. The van der Waals surface area contributed by atoms with Gasteiger partial charge in [-0.3, -0.25) is 0 Å². The molecule has 8 nitrogen and oxygen atoms in total.